The van der Waals surface area contributed by atoms with E-state index in [0.717, 1.165) is 5.57 Å². The van der Waals surface area contributed by atoms with Gasteiger partial charge in [0.1, 0.15) is 0 Å². The van der Waals surface area contributed by atoms with E-state index in [9.17, 15) is 19.2 Å². The highest BCUT2D eigenvalue weighted by atomic mass is 16.2. The molecule has 0 saturated carbocycles. The molecule has 2 heterocycles. The Kier molecular flexibility index (Phi) is 6.00. The van der Waals surface area contributed by atoms with E-state index in [0.29, 0.717) is 61.0 Å². The maximum Gasteiger partial charge on any atom is 0.261 e. The standard InChI is InChI=1S/C26H22N2O4/c1-18(11-9-17-28-25(31)21-14-6-7-15-22(21)26(28)32)10-3-2-8-16-27-23(29)19-12-4-5-13-20(19)24(27)30/h4-7,12-15H,1-2,8-9,11,16-17H2. The number of hydrogen-bond donors (Lipinski definition) is 0. The van der Waals surface area contributed by atoms with Crippen LogP contribution in [0, 0.1) is 11.8 Å². The van der Waals surface area contributed by atoms with E-state index in [1.165, 1.54) is 9.80 Å². The molecule has 4 rings (SSSR count). The fourth-order valence-electron chi connectivity index (χ4n) is 3.91. The minimum Gasteiger partial charge on any atom is -0.274 e. The van der Waals surface area contributed by atoms with Crippen LogP contribution in [0.4, 0.5) is 0 Å². The third-order valence-corrected chi connectivity index (χ3v) is 5.57. The van der Waals surface area contributed by atoms with Crippen molar-refractivity contribution in [3.63, 3.8) is 0 Å². The van der Waals surface area contributed by atoms with Crippen LogP contribution in [0.5, 0.6) is 0 Å². The van der Waals surface area contributed by atoms with Crippen LogP contribution in [0.3, 0.4) is 0 Å². The molecule has 0 aliphatic carbocycles. The summed E-state index contributed by atoms with van der Waals surface area (Å²) >= 11 is 0. The Labute approximate surface area is 186 Å². The smallest absolute Gasteiger partial charge is 0.261 e. The number of nitrogens with zero attached hydrogens (tertiary/aromatic N) is 2. The summed E-state index contributed by atoms with van der Waals surface area (Å²) in [7, 11) is 0. The summed E-state index contributed by atoms with van der Waals surface area (Å²) in [5.74, 6) is 5.00. The van der Waals surface area contributed by atoms with E-state index < -0.39 is 0 Å². The van der Waals surface area contributed by atoms with Crippen LogP contribution in [-0.2, 0) is 0 Å². The van der Waals surface area contributed by atoms with Crippen molar-refractivity contribution < 1.29 is 19.2 Å². The molecule has 4 amide bonds. The molecule has 0 bridgehead atoms. The molecule has 0 unspecified atom stereocenters. The summed E-state index contributed by atoms with van der Waals surface area (Å²) < 4.78 is 0. The van der Waals surface area contributed by atoms with Crippen molar-refractivity contribution in [3.05, 3.63) is 82.9 Å². The van der Waals surface area contributed by atoms with Crippen molar-refractivity contribution in [1.82, 2.24) is 9.80 Å². The molecule has 2 aromatic carbocycles. The second-order valence-corrected chi connectivity index (χ2v) is 7.73. The molecule has 6 nitrogen and oxygen atoms in total. The Hall–Kier alpha value is -3.98. The molecular formula is C26H22N2O4. The third-order valence-electron chi connectivity index (χ3n) is 5.57. The van der Waals surface area contributed by atoms with Gasteiger partial charge in [0.15, 0.2) is 0 Å². The summed E-state index contributed by atoms with van der Waals surface area (Å²) in [5.41, 5.74) is 2.54. The van der Waals surface area contributed by atoms with Gasteiger partial charge in [-0.05, 0) is 49.1 Å². The molecule has 0 radical (unpaired) electrons. The number of benzene rings is 2. The third kappa shape index (κ3) is 3.97. The first-order chi connectivity index (χ1) is 15.5. The molecule has 0 atom stereocenters. The predicted molar refractivity (Wildman–Crippen MR) is 119 cm³/mol. The summed E-state index contributed by atoms with van der Waals surface area (Å²) in [4.78, 5) is 51.9. The van der Waals surface area contributed by atoms with Crippen LogP contribution < -0.4 is 0 Å². The number of hydrogen-bond acceptors (Lipinski definition) is 4. The van der Waals surface area contributed by atoms with Gasteiger partial charge in [0.25, 0.3) is 23.6 Å². The lowest BCUT2D eigenvalue weighted by Crippen LogP contribution is -2.30. The fourth-order valence-corrected chi connectivity index (χ4v) is 3.91. The molecule has 0 aromatic heterocycles. The van der Waals surface area contributed by atoms with Crippen LogP contribution in [-0.4, -0.2) is 46.5 Å². The Bertz CT molecular complexity index is 1130. The summed E-state index contributed by atoms with van der Waals surface area (Å²) in [6.45, 7) is 4.59. The van der Waals surface area contributed by atoms with Crippen molar-refractivity contribution in [3.8, 4) is 11.8 Å². The maximum atomic E-state index is 12.4. The first-order valence-corrected chi connectivity index (χ1v) is 10.6. The number of fused-ring (bicyclic) bond motifs is 2. The molecule has 32 heavy (non-hydrogen) atoms. The summed E-state index contributed by atoms with van der Waals surface area (Å²) in [5, 5.41) is 0. The van der Waals surface area contributed by atoms with E-state index in [1.54, 1.807) is 48.5 Å². The van der Waals surface area contributed by atoms with Gasteiger partial charge in [-0.15, -0.1) is 0 Å². The number of rotatable bonds is 7. The van der Waals surface area contributed by atoms with Crippen LogP contribution in [0.1, 0.15) is 67.1 Å². The Morgan fingerprint density at radius 1 is 0.688 bits per heavy atom. The average molecular weight is 426 g/mol. The van der Waals surface area contributed by atoms with Gasteiger partial charge in [0.05, 0.1) is 22.3 Å². The highest BCUT2D eigenvalue weighted by Gasteiger charge is 2.35. The van der Waals surface area contributed by atoms with E-state index in [2.05, 4.69) is 18.4 Å². The van der Waals surface area contributed by atoms with Gasteiger partial charge in [0, 0.05) is 19.5 Å². The van der Waals surface area contributed by atoms with Crippen molar-refractivity contribution in [1.29, 1.82) is 0 Å². The second-order valence-electron chi connectivity index (χ2n) is 7.73. The maximum absolute atomic E-state index is 12.4. The van der Waals surface area contributed by atoms with Crippen LogP contribution in [0.15, 0.2) is 60.7 Å². The highest BCUT2D eigenvalue weighted by Crippen LogP contribution is 2.24. The minimum atomic E-state index is -0.254. The van der Waals surface area contributed by atoms with E-state index in [4.69, 9.17) is 0 Å². The number of carbonyl (C=O) groups excluding carboxylic acids is 4. The van der Waals surface area contributed by atoms with Crippen LogP contribution >= 0.6 is 0 Å². The number of amides is 4. The minimum absolute atomic E-state index is 0.254. The van der Waals surface area contributed by atoms with Crippen molar-refractivity contribution in [2.24, 2.45) is 0 Å². The highest BCUT2D eigenvalue weighted by molar-refractivity contribution is 6.22. The first-order valence-electron chi connectivity index (χ1n) is 10.6. The molecule has 2 aliphatic rings. The molecule has 0 saturated heterocycles. The van der Waals surface area contributed by atoms with Crippen molar-refractivity contribution >= 4 is 23.6 Å². The molecule has 2 aliphatic heterocycles. The molecule has 0 N–H and O–H groups in total. The number of imide groups is 2. The van der Waals surface area contributed by atoms with Gasteiger partial charge in [-0.2, -0.15) is 0 Å². The molecule has 6 heteroatoms. The number of carbonyl (C=O) groups is 4. The van der Waals surface area contributed by atoms with Gasteiger partial charge in [-0.3, -0.25) is 29.0 Å². The monoisotopic (exact) mass is 426 g/mol. The van der Waals surface area contributed by atoms with Gasteiger partial charge >= 0.3 is 0 Å². The Morgan fingerprint density at radius 3 is 1.53 bits per heavy atom. The molecular weight excluding hydrogens is 404 g/mol. The van der Waals surface area contributed by atoms with Crippen LogP contribution in [0.25, 0.3) is 0 Å². The molecule has 0 spiro atoms. The van der Waals surface area contributed by atoms with Crippen LogP contribution in [0.2, 0.25) is 0 Å². The SMILES string of the molecule is C=C(C#CCCCN1C(=O)c2ccccc2C1=O)CCCN1C(=O)c2ccccc2C1=O. The Morgan fingerprint density at radius 2 is 1.09 bits per heavy atom. The van der Waals surface area contributed by atoms with Crippen molar-refractivity contribution in [2.45, 2.75) is 25.7 Å². The Balaban J connectivity index is 1.19. The average Bonchev–Trinajstić information content (AvgIpc) is 3.19. The van der Waals surface area contributed by atoms with Gasteiger partial charge in [0.2, 0.25) is 0 Å². The molecule has 160 valence electrons. The summed E-state index contributed by atoms with van der Waals surface area (Å²) in [6, 6.07) is 13.7. The van der Waals surface area contributed by atoms with Gasteiger partial charge in [-0.1, -0.05) is 42.7 Å². The zero-order chi connectivity index (χ0) is 22.7. The lowest BCUT2D eigenvalue weighted by Gasteiger charge is -2.13. The van der Waals surface area contributed by atoms with E-state index in [-0.39, 0.29) is 23.6 Å². The number of allylic oxidation sites excluding steroid dienone is 1. The normalized spacial score (nSPS) is 14.4. The summed E-state index contributed by atoms with van der Waals surface area (Å²) in [6.07, 6.45) is 2.29. The zero-order valence-electron chi connectivity index (χ0n) is 17.6. The quantitative estimate of drug-likeness (QED) is 0.384. The largest absolute Gasteiger partial charge is 0.274 e. The van der Waals surface area contributed by atoms with Gasteiger partial charge < -0.3 is 0 Å². The molecule has 0 fully saturated rings. The van der Waals surface area contributed by atoms with Crippen molar-refractivity contribution in [2.75, 3.05) is 13.1 Å². The van der Waals surface area contributed by atoms with E-state index >= 15 is 0 Å². The lowest BCUT2D eigenvalue weighted by molar-refractivity contribution is 0.0637. The van der Waals surface area contributed by atoms with E-state index in [1.807, 2.05) is 0 Å². The zero-order valence-corrected chi connectivity index (χ0v) is 17.6. The number of unbranched alkanes of at least 4 members (excludes halogenated alkanes) is 1. The van der Waals surface area contributed by atoms with Gasteiger partial charge in [-0.25, -0.2) is 0 Å². The first kappa shape index (κ1) is 21.3. The predicted octanol–water partition coefficient (Wildman–Crippen LogP) is 3.70. The lowest BCUT2D eigenvalue weighted by atomic mass is 10.1. The topological polar surface area (TPSA) is 74.8 Å². The fraction of sp³-hybridized carbons (Fsp3) is 0.231. The molecule has 2 aromatic rings. The second kappa shape index (κ2) is 9.03.